The summed E-state index contributed by atoms with van der Waals surface area (Å²) in [5.74, 6) is 0. The van der Waals surface area contributed by atoms with Crippen LogP contribution in [-0.4, -0.2) is 37.0 Å². The molecule has 0 aromatic heterocycles. The van der Waals surface area contributed by atoms with Gasteiger partial charge in [0, 0.05) is 6.42 Å². The van der Waals surface area contributed by atoms with Crippen LogP contribution in [0.2, 0.25) is 0 Å². The number of nitrogens with zero attached hydrogens (tertiary/aromatic N) is 1. The predicted molar refractivity (Wildman–Crippen MR) is 94.4 cm³/mol. The van der Waals surface area contributed by atoms with Crippen molar-refractivity contribution in [2.75, 3.05) is 21.1 Å². The van der Waals surface area contributed by atoms with E-state index in [9.17, 15) is 5.11 Å². The molecule has 3 heteroatoms. The van der Waals surface area contributed by atoms with Crippen molar-refractivity contribution in [2.24, 2.45) is 0 Å². The maximum Gasteiger partial charge on any atom is 0.189 e. The van der Waals surface area contributed by atoms with Gasteiger partial charge in [0.15, 0.2) is 6.23 Å². The minimum atomic E-state index is -0.197. The van der Waals surface area contributed by atoms with Crippen molar-refractivity contribution in [3.63, 3.8) is 0 Å². The number of rotatable bonds is 15. The molecule has 0 heterocycles. The van der Waals surface area contributed by atoms with Crippen molar-refractivity contribution in [3.8, 4) is 0 Å². The first-order chi connectivity index (χ1) is 9.98. The molecule has 0 aliphatic rings. The summed E-state index contributed by atoms with van der Waals surface area (Å²) in [6.07, 6.45) is 18.8. The molecule has 0 amide bonds. The van der Waals surface area contributed by atoms with Crippen LogP contribution in [0.3, 0.4) is 0 Å². The van der Waals surface area contributed by atoms with Gasteiger partial charge in [0.05, 0.1) is 21.1 Å². The number of hydrogen-bond acceptors (Lipinski definition) is 1. The van der Waals surface area contributed by atoms with E-state index in [4.69, 9.17) is 0 Å². The van der Waals surface area contributed by atoms with Gasteiger partial charge in [-0.25, -0.2) is 0 Å². The average molecular weight is 380 g/mol. The second-order valence-corrected chi connectivity index (χ2v) is 7.63. The molecule has 22 heavy (non-hydrogen) atoms. The van der Waals surface area contributed by atoms with E-state index in [-0.39, 0.29) is 23.2 Å². The van der Waals surface area contributed by atoms with Crippen LogP contribution >= 0.6 is 0 Å². The van der Waals surface area contributed by atoms with Gasteiger partial charge in [-0.15, -0.1) is 0 Å². The smallest absolute Gasteiger partial charge is 0.189 e. The van der Waals surface area contributed by atoms with Crippen LogP contribution in [0.5, 0.6) is 0 Å². The first kappa shape index (κ1) is 24.6. The van der Waals surface area contributed by atoms with Gasteiger partial charge in [0.2, 0.25) is 0 Å². The Morgan fingerprint density at radius 2 is 0.955 bits per heavy atom. The number of hydrogen-bond donors (Lipinski definition) is 1. The van der Waals surface area contributed by atoms with Crippen LogP contribution in [0, 0.1) is 0 Å². The highest BCUT2D eigenvalue weighted by atomic mass is 79.9. The van der Waals surface area contributed by atoms with E-state index >= 15 is 0 Å². The minimum absolute atomic E-state index is 0. The Hall–Kier alpha value is 0.400. The van der Waals surface area contributed by atoms with Gasteiger partial charge >= 0.3 is 0 Å². The molecule has 0 aromatic carbocycles. The molecule has 0 rings (SSSR count). The fraction of sp³-hybridized carbons (Fsp3) is 1.00. The van der Waals surface area contributed by atoms with E-state index in [1.54, 1.807) is 0 Å². The van der Waals surface area contributed by atoms with Gasteiger partial charge in [-0.1, -0.05) is 84.0 Å². The Morgan fingerprint density at radius 1 is 0.636 bits per heavy atom. The molecule has 1 atom stereocenters. The molecule has 0 aliphatic carbocycles. The lowest BCUT2D eigenvalue weighted by Gasteiger charge is -2.29. The molecule has 0 saturated heterocycles. The molecular weight excluding hydrogens is 338 g/mol. The molecule has 0 bridgehead atoms. The minimum Gasteiger partial charge on any atom is -1.00 e. The standard InChI is InChI=1S/C19H42NO.BrH/c1-5-6-7-8-9-10-11-12-13-14-15-16-17-18-19(21)20(2,3)4;/h19,21H,5-18H2,1-4H3;1H/q+1;/p-1. The topological polar surface area (TPSA) is 20.2 Å². The molecule has 0 radical (unpaired) electrons. The Balaban J connectivity index is 0. The summed E-state index contributed by atoms with van der Waals surface area (Å²) in [6, 6.07) is 0. The zero-order chi connectivity index (χ0) is 16.0. The number of aliphatic hydroxyl groups is 1. The maximum absolute atomic E-state index is 9.94. The fourth-order valence-electron chi connectivity index (χ4n) is 2.73. The van der Waals surface area contributed by atoms with Crippen LogP contribution in [0.15, 0.2) is 0 Å². The van der Waals surface area contributed by atoms with Crippen LogP contribution < -0.4 is 17.0 Å². The Kier molecular flexibility index (Phi) is 18.2. The fourth-order valence-corrected chi connectivity index (χ4v) is 2.73. The van der Waals surface area contributed by atoms with Gasteiger partial charge in [-0.3, -0.25) is 0 Å². The van der Waals surface area contributed by atoms with Crippen LogP contribution in [0.4, 0.5) is 0 Å². The molecular formula is C19H42BrNO. The normalized spacial score (nSPS) is 13.0. The van der Waals surface area contributed by atoms with Gasteiger partial charge in [-0.2, -0.15) is 0 Å². The lowest BCUT2D eigenvalue weighted by Crippen LogP contribution is -3.00. The summed E-state index contributed by atoms with van der Waals surface area (Å²) in [6.45, 7) is 2.28. The number of quaternary nitrogens is 1. The maximum atomic E-state index is 9.94. The zero-order valence-electron chi connectivity index (χ0n) is 15.7. The second kappa shape index (κ2) is 16.3. The van der Waals surface area contributed by atoms with Gasteiger partial charge in [-0.05, 0) is 6.42 Å². The third kappa shape index (κ3) is 16.8. The Bertz CT molecular complexity index is 216. The molecule has 0 spiro atoms. The predicted octanol–water partition coefficient (Wildman–Crippen LogP) is 2.50. The van der Waals surface area contributed by atoms with Crippen LogP contribution in [0.1, 0.15) is 96.8 Å². The van der Waals surface area contributed by atoms with Crippen LogP contribution in [0.25, 0.3) is 0 Å². The Labute approximate surface area is 151 Å². The van der Waals surface area contributed by atoms with E-state index in [1.165, 1.54) is 83.5 Å². The number of halogens is 1. The number of unbranched alkanes of at least 4 members (excludes halogenated alkanes) is 12. The van der Waals surface area contributed by atoms with Crippen molar-refractivity contribution >= 4 is 0 Å². The van der Waals surface area contributed by atoms with E-state index in [2.05, 4.69) is 28.1 Å². The average Bonchev–Trinajstić information content (AvgIpc) is 2.42. The third-order valence-corrected chi connectivity index (χ3v) is 4.46. The van der Waals surface area contributed by atoms with Crippen molar-refractivity contribution in [1.82, 2.24) is 0 Å². The first-order valence-electron chi connectivity index (χ1n) is 9.47. The highest BCUT2D eigenvalue weighted by Gasteiger charge is 2.19. The summed E-state index contributed by atoms with van der Waals surface area (Å²) < 4.78 is 0.665. The van der Waals surface area contributed by atoms with Gasteiger partial charge in [0.1, 0.15) is 0 Å². The largest absolute Gasteiger partial charge is 1.00 e. The highest BCUT2D eigenvalue weighted by molar-refractivity contribution is 4.50. The van der Waals surface area contributed by atoms with Crippen molar-refractivity contribution < 1.29 is 26.6 Å². The highest BCUT2D eigenvalue weighted by Crippen LogP contribution is 2.14. The van der Waals surface area contributed by atoms with Gasteiger partial charge < -0.3 is 26.6 Å². The lowest BCUT2D eigenvalue weighted by molar-refractivity contribution is -0.919. The molecule has 2 nitrogen and oxygen atoms in total. The SMILES string of the molecule is CCCCCCCCCCCCCCCC(O)[N+](C)(C)C.[Br-]. The van der Waals surface area contributed by atoms with E-state index in [1.807, 2.05) is 0 Å². The molecule has 0 aliphatic heterocycles. The van der Waals surface area contributed by atoms with E-state index < -0.39 is 0 Å². The lowest BCUT2D eigenvalue weighted by atomic mass is 10.0. The summed E-state index contributed by atoms with van der Waals surface area (Å²) in [5.41, 5.74) is 0. The summed E-state index contributed by atoms with van der Waals surface area (Å²) in [5, 5.41) is 9.94. The molecule has 1 N–H and O–H groups in total. The zero-order valence-corrected chi connectivity index (χ0v) is 17.3. The monoisotopic (exact) mass is 379 g/mol. The van der Waals surface area contributed by atoms with Crippen LogP contribution in [-0.2, 0) is 0 Å². The molecule has 136 valence electrons. The molecule has 0 fully saturated rings. The summed E-state index contributed by atoms with van der Waals surface area (Å²) in [7, 11) is 6.19. The van der Waals surface area contributed by atoms with Crippen molar-refractivity contribution in [2.45, 2.75) is 103 Å². The quantitative estimate of drug-likeness (QED) is 0.263. The first-order valence-corrected chi connectivity index (χ1v) is 9.47. The molecule has 0 saturated carbocycles. The third-order valence-electron chi connectivity index (χ3n) is 4.46. The summed E-state index contributed by atoms with van der Waals surface area (Å²) in [4.78, 5) is 0. The number of aliphatic hydroxyl groups excluding tert-OH is 1. The van der Waals surface area contributed by atoms with Crippen molar-refractivity contribution in [3.05, 3.63) is 0 Å². The molecule has 0 aromatic rings. The van der Waals surface area contributed by atoms with Crippen molar-refractivity contribution in [1.29, 1.82) is 0 Å². The molecule has 1 unspecified atom stereocenters. The summed E-state index contributed by atoms with van der Waals surface area (Å²) >= 11 is 0. The van der Waals surface area contributed by atoms with Gasteiger partial charge in [0.25, 0.3) is 0 Å². The second-order valence-electron chi connectivity index (χ2n) is 7.63. The van der Waals surface area contributed by atoms with E-state index in [0.29, 0.717) is 4.48 Å². The van der Waals surface area contributed by atoms with E-state index in [0.717, 1.165) is 6.42 Å². The Morgan fingerprint density at radius 3 is 1.27 bits per heavy atom.